The first-order valence-electron chi connectivity index (χ1n) is 2.15. The number of hydrogen-bond donors (Lipinski definition) is 5. The van der Waals surface area contributed by atoms with Crippen molar-refractivity contribution >= 4 is 0 Å². The van der Waals surface area contributed by atoms with Crippen molar-refractivity contribution in [2.45, 2.75) is 11.9 Å². The Balaban J connectivity index is 3.62. The largest absolute Gasteiger partial charge is 0.395 e. The van der Waals surface area contributed by atoms with Crippen molar-refractivity contribution in [3.05, 3.63) is 0 Å². The van der Waals surface area contributed by atoms with Gasteiger partial charge >= 0.3 is 0 Å². The molecule has 0 aromatic rings. The standard InChI is InChI=1S/C3H11N3O2/c4-2(1-7)3(5,6)8/h2,7-8H,1,4-6H2. The molecular formula is C3H11N3O2. The minimum Gasteiger partial charge on any atom is -0.395 e. The van der Waals surface area contributed by atoms with Crippen LogP contribution in [0.2, 0.25) is 0 Å². The molecule has 50 valence electrons. The molecule has 5 nitrogen and oxygen atoms in total. The maximum Gasteiger partial charge on any atom is 0.184 e. The molecule has 0 bridgehead atoms. The Labute approximate surface area is 47.1 Å². The van der Waals surface area contributed by atoms with Crippen LogP contribution in [0, 0.1) is 0 Å². The summed E-state index contributed by atoms with van der Waals surface area (Å²) in [5.41, 5.74) is 14.7. The third-order valence-electron chi connectivity index (χ3n) is 0.791. The summed E-state index contributed by atoms with van der Waals surface area (Å²) in [6.07, 6.45) is 0. The van der Waals surface area contributed by atoms with Crippen LogP contribution in [0.1, 0.15) is 0 Å². The van der Waals surface area contributed by atoms with Crippen molar-refractivity contribution in [1.29, 1.82) is 0 Å². The summed E-state index contributed by atoms with van der Waals surface area (Å²) in [6.45, 7) is -0.427. The molecule has 5 heteroatoms. The van der Waals surface area contributed by atoms with E-state index >= 15 is 0 Å². The quantitative estimate of drug-likeness (QED) is 0.247. The SMILES string of the molecule is NC(CO)C(N)(N)O. The van der Waals surface area contributed by atoms with Crippen molar-refractivity contribution in [1.82, 2.24) is 0 Å². The predicted octanol–water partition coefficient (Wildman–Crippen LogP) is -3.13. The van der Waals surface area contributed by atoms with Gasteiger partial charge in [-0.1, -0.05) is 0 Å². The van der Waals surface area contributed by atoms with Crippen LogP contribution >= 0.6 is 0 Å². The van der Waals surface area contributed by atoms with Gasteiger partial charge in [-0.3, -0.25) is 11.5 Å². The van der Waals surface area contributed by atoms with Gasteiger partial charge in [0.1, 0.15) is 0 Å². The molecule has 0 radical (unpaired) electrons. The summed E-state index contributed by atoms with van der Waals surface area (Å²) in [5.74, 6) is -1.96. The lowest BCUT2D eigenvalue weighted by molar-refractivity contribution is 0.00756. The van der Waals surface area contributed by atoms with Gasteiger partial charge in [0.2, 0.25) is 0 Å². The van der Waals surface area contributed by atoms with Gasteiger partial charge < -0.3 is 15.9 Å². The maximum atomic E-state index is 8.56. The average Bonchev–Trinajstić information content (AvgIpc) is 1.62. The average molecular weight is 121 g/mol. The first kappa shape index (κ1) is 7.80. The highest BCUT2D eigenvalue weighted by Gasteiger charge is 2.22. The van der Waals surface area contributed by atoms with Gasteiger partial charge in [-0.05, 0) is 0 Å². The van der Waals surface area contributed by atoms with Gasteiger partial charge in [-0.2, -0.15) is 0 Å². The second-order valence-corrected chi connectivity index (χ2v) is 1.68. The van der Waals surface area contributed by atoms with E-state index < -0.39 is 18.5 Å². The van der Waals surface area contributed by atoms with Crippen LogP contribution in [-0.2, 0) is 0 Å². The molecule has 8 N–H and O–H groups in total. The molecule has 0 amide bonds. The first-order chi connectivity index (χ1) is 3.48. The molecule has 1 atom stereocenters. The van der Waals surface area contributed by atoms with Gasteiger partial charge in [0, 0.05) is 0 Å². The summed E-state index contributed by atoms with van der Waals surface area (Å²) in [7, 11) is 0. The molecule has 0 aliphatic rings. The van der Waals surface area contributed by atoms with Gasteiger partial charge in [0.25, 0.3) is 0 Å². The van der Waals surface area contributed by atoms with Gasteiger partial charge in [-0.25, -0.2) is 0 Å². The Bertz CT molecular complexity index is 69.4. The van der Waals surface area contributed by atoms with Crippen LogP contribution in [0.3, 0.4) is 0 Å². The van der Waals surface area contributed by atoms with E-state index in [4.69, 9.17) is 27.4 Å². The molecule has 0 aliphatic carbocycles. The van der Waals surface area contributed by atoms with E-state index in [1.807, 2.05) is 0 Å². The smallest absolute Gasteiger partial charge is 0.184 e. The van der Waals surface area contributed by atoms with E-state index in [0.29, 0.717) is 0 Å². The lowest BCUT2D eigenvalue weighted by Crippen LogP contribution is -2.63. The molecule has 0 saturated heterocycles. The molecule has 0 rings (SSSR count). The first-order valence-corrected chi connectivity index (χ1v) is 2.15. The summed E-state index contributed by atoms with van der Waals surface area (Å²) in [5, 5.41) is 16.8. The Morgan fingerprint density at radius 1 is 1.50 bits per heavy atom. The fourth-order valence-corrected chi connectivity index (χ4v) is 0.146. The number of nitrogens with two attached hydrogens (primary N) is 3. The lowest BCUT2D eigenvalue weighted by Gasteiger charge is -2.22. The molecule has 0 fully saturated rings. The minimum atomic E-state index is -1.96. The van der Waals surface area contributed by atoms with Crippen LogP contribution in [0.25, 0.3) is 0 Å². The van der Waals surface area contributed by atoms with Gasteiger partial charge in [0.05, 0.1) is 12.6 Å². The fraction of sp³-hybridized carbons (Fsp3) is 1.00. The van der Waals surface area contributed by atoms with Crippen LogP contribution in [0.4, 0.5) is 0 Å². The summed E-state index contributed by atoms with van der Waals surface area (Å²) >= 11 is 0. The van der Waals surface area contributed by atoms with Gasteiger partial charge in [0.15, 0.2) is 5.85 Å². The Kier molecular flexibility index (Phi) is 2.32. The molecule has 0 spiro atoms. The molecule has 0 saturated carbocycles. The zero-order valence-electron chi connectivity index (χ0n) is 4.41. The molecular weight excluding hydrogens is 110 g/mol. The van der Waals surface area contributed by atoms with E-state index in [1.165, 1.54) is 0 Å². The maximum absolute atomic E-state index is 8.56. The van der Waals surface area contributed by atoms with Crippen LogP contribution < -0.4 is 17.2 Å². The van der Waals surface area contributed by atoms with Crippen LogP contribution in [-0.4, -0.2) is 28.7 Å². The predicted molar refractivity (Wildman–Crippen MR) is 28.4 cm³/mol. The zero-order valence-corrected chi connectivity index (χ0v) is 4.41. The number of rotatable bonds is 2. The zero-order chi connectivity index (χ0) is 6.78. The van der Waals surface area contributed by atoms with E-state index in [-0.39, 0.29) is 0 Å². The Hall–Kier alpha value is -0.200. The van der Waals surface area contributed by atoms with Gasteiger partial charge in [-0.15, -0.1) is 0 Å². The summed E-state index contributed by atoms with van der Waals surface area (Å²) in [4.78, 5) is 0. The van der Waals surface area contributed by atoms with Crippen molar-refractivity contribution in [2.75, 3.05) is 6.61 Å². The topological polar surface area (TPSA) is 119 Å². The summed E-state index contributed by atoms with van der Waals surface area (Å²) in [6, 6.07) is -0.984. The molecule has 0 aromatic carbocycles. The highest BCUT2D eigenvalue weighted by Crippen LogP contribution is 1.87. The fourth-order valence-electron chi connectivity index (χ4n) is 0.146. The second-order valence-electron chi connectivity index (χ2n) is 1.68. The highest BCUT2D eigenvalue weighted by molar-refractivity contribution is 4.75. The van der Waals surface area contributed by atoms with Crippen LogP contribution in [0.15, 0.2) is 0 Å². The van der Waals surface area contributed by atoms with E-state index in [9.17, 15) is 0 Å². The number of aliphatic hydroxyl groups is 2. The molecule has 1 unspecified atom stereocenters. The minimum absolute atomic E-state index is 0.427. The number of hydrogen-bond acceptors (Lipinski definition) is 5. The second kappa shape index (κ2) is 2.38. The number of aliphatic hydroxyl groups excluding tert-OH is 1. The van der Waals surface area contributed by atoms with Crippen molar-refractivity contribution in [3.63, 3.8) is 0 Å². The van der Waals surface area contributed by atoms with Crippen LogP contribution in [0.5, 0.6) is 0 Å². The Morgan fingerprint density at radius 3 is 1.88 bits per heavy atom. The summed E-state index contributed by atoms with van der Waals surface area (Å²) < 4.78 is 0. The van der Waals surface area contributed by atoms with Crippen molar-refractivity contribution < 1.29 is 10.2 Å². The Morgan fingerprint density at radius 2 is 1.88 bits per heavy atom. The van der Waals surface area contributed by atoms with E-state index in [2.05, 4.69) is 0 Å². The third kappa shape index (κ3) is 2.20. The van der Waals surface area contributed by atoms with Crippen molar-refractivity contribution in [2.24, 2.45) is 17.2 Å². The molecule has 0 aliphatic heterocycles. The molecule has 0 heterocycles. The molecule has 0 aromatic heterocycles. The monoisotopic (exact) mass is 121 g/mol. The normalized spacial score (nSPS) is 16.1. The molecule has 8 heavy (non-hydrogen) atoms. The highest BCUT2D eigenvalue weighted by atomic mass is 16.3. The van der Waals surface area contributed by atoms with E-state index in [0.717, 1.165) is 0 Å². The lowest BCUT2D eigenvalue weighted by atomic mass is 10.2. The van der Waals surface area contributed by atoms with E-state index in [1.54, 1.807) is 0 Å². The van der Waals surface area contributed by atoms with Crippen molar-refractivity contribution in [3.8, 4) is 0 Å². The third-order valence-corrected chi connectivity index (χ3v) is 0.791.